The van der Waals surface area contributed by atoms with E-state index in [1.807, 2.05) is 6.92 Å². The molecule has 5 rings (SSSR count). The van der Waals surface area contributed by atoms with Crippen LogP contribution in [0.3, 0.4) is 0 Å². The summed E-state index contributed by atoms with van der Waals surface area (Å²) in [7, 11) is 0. The molecular weight excluding hydrogens is 398 g/mol. The second-order valence-electron chi connectivity index (χ2n) is 7.62. The fourth-order valence-electron chi connectivity index (χ4n) is 3.77. The SMILES string of the molecule is Cc1nn(-c2ncnc3nc[nH]c23)c2c1[C@H](c1ccc(C(C)C)cc1)SCC(=O)N2. The van der Waals surface area contributed by atoms with Gasteiger partial charge in [-0.25, -0.2) is 15.0 Å². The molecule has 1 atom stereocenters. The summed E-state index contributed by atoms with van der Waals surface area (Å²) in [6, 6.07) is 8.64. The van der Waals surface area contributed by atoms with Crippen LogP contribution in [0.2, 0.25) is 0 Å². The Labute approximate surface area is 177 Å². The minimum atomic E-state index is -0.0568. The molecule has 0 fully saturated rings. The van der Waals surface area contributed by atoms with Crippen molar-refractivity contribution < 1.29 is 4.79 Å². The van der Waals surface area contributed by atoms with Gasteiger partial charge in [0, 0.05) is 5.56 Å². The summed E-state index contributed by atoms with van der Waals surface area (Å²) >= 11 is 1.61. The molecule has 3 aromatic heterocycles. The number of nitrogens with one attached hydrogen (secondary N) is 2. The van der Waals surface area contributed by atoms with E-state index in [0.717, 1.165) is 16.8 Å². The molecule has 2 N–H and O–H groups in total. The number of hydrogen-bond donors (Lipinski definition) is 2. The molecule has 1 aliphatic heterocycles. The molecule has 0 unspecified atom stereocenters. The maximum Gasteiger partial charge on any atom is 0.235 e. The van der Waals surface area contributed by atoms with E-state index >= 15 is 0 Å². The first kappa shape index (κ1) is 18.8. The van der Waals surface area contributed by atoms with E-state index in [4.69, 9.17) is 5.10 Å². The number of fused-ring (bicyclic) bond motifs is 2. The fourth-order valence-corrected chi connectivity index (χ4v) is 4.96. The monoisotopic (exact) mass is 419 g/mol. The molecule has 1 aliphatic rings. The number of amides is 1. The average Bonchev–Trinajstić information content (AvgIpc) is 3.29. The van der Waals surface area contributed by atoms with E-state index in [9.17, 15) is 4.79 Å². The molecule has 0 saturated carbocycles. The number of H-pyrrole nitrogens is 1. The van der Waals surface area contributed by atoms with Gasteiger partial charge in [-0.1, -0.05) is 38.1 Å². The van der Waals surface area contributed by atoms with Crippen LogP contribution >= 0.6 is 11.8 Å². The molecule has 1 amide bonds. The van der Waals surface area contributed by atoms with Crippen molar-refractivity contribution in [2.75, 3.05) is 11.1 Å². The number of aryl methyl sites for hydroxylation is 1. The van der Waals surface area contributed by atoms with Crippen LogP contribution in [0.1, 0.15) is 47.4 Å². The quantitative estimate of drug-likeness (QED) is 0.524. The van der Waals surface area contributed by atoms with Crippen LogP contribution in [0.15, 0.2) is 36.9 Å². The van der Waals surface area contributed by atoms with Crippen LogP contribution in [-0.4, -0.2) is 41.4 Å². The Bertz CT molecular complexity index is 1240. The standard InChI is InChI=1S/C21H21N7OS/c1-11(2)13-4-6-14(7-5-13)18-16-12(3)27-28(20(16)26-15(29)8-30-18)21-17-19(23-9-22-17)24-10-25-21/h4-7,9-11,18H,8H2,1-3H3,(H,26,29)(H,22,23,24,25)/t18-/m0/s1. The van der Waals surface area contributed by atoms with Crippen molar-refractivity contribution in [3.63, 3.8) is 0 Å². The van der Waals surface area contributed by atoms with Crippen molar-refractivity contribution in [1.29, 1.82) is 0 Å². The molecule has 4 aromatic rings. The minimum Gasteiger partial charge on any atom is -0.340 e. The van der Waals surface area contributed by atoms with Crippen LogP contribution in [0.25, 0.3) is 17.0 Å². The van der Waals surface area contributed by atoms with Crippen molar-refractivity contribution in [2.24, 2.45) is 0 Å². The highest BCUT2D eigenvalue weighted by molar-refractivity contribution is 8.00. The van der Waals surface area contributed by atoms with E-state index in [1.54, 1.807) is 22.8 Å². The number of nitrogens with zero attached hydrogens (tertiary/aromatic N) is 5. The lowest BCUT2D eigenvalue weighted by atomic mass is 9.98. The maximum atomic E-state index is 12.5. The smallest absolute Gasteiger partial charge is 0.235 e. The molecule has 9 heteroatoms. The molecule has 0 radical (unpaired) electrons. The third-order valence-corrected chi connectivity index (χ3v) is 6.59. The van der Waals surface area contributed by atoms with Crippen LogP contribution in [0.5, 0.6) is 0 Å². The van der Waals surface area contributed by atoms with Crippen molar-refractivity contribution in [3.8, 4) is 5.82 Å². The first-order valence-electron chi connectivity index (χ1n) is 9.78. The summed E-state index contributed by atoms with van der Waals surface area (Å²) in [4.78, 5) is 28.4. The summed E-state index contributed by atoms with van der Waals surface area (Å²) in [5.74, 6) is 1.99. The number of imidazole rings is 1. The first-order chi connectivity index (χ1) is 14.5. The third kappa shape index (κ3) is 3.06. The van der Waals surface area contributed by atoms with Crippen molar-refractivity contribution in [1.82, 2.24) is 29.7 Å². The first-order valence-corrected chi connectivity index (χ1v) is 10.8. The van der Waals surface area contributed by atoms with E-state index in [2.05, 4.69) is 63.4 Å². The number of benzene rings is 1. The number of aromatic amines is 1. The zero-order valence-electron chi connectivity index (χ0n) is 16.9. The zero-order chi connectivity index (χ0) is 20.8. The third-order valence-electron chi connectivity index (χ3n) is 5.32. The highest BCUT2D eigenvalue weighted by Gasteiger charge is 2.31. The average molecular weight is 420 g/mol. The van der Waals surface area contributed by atoms with Crippen LogP contribution < -0.4 is 5.32 Å². The van der Waals surface area contributed by atoms with Gasteiger partial charge in [0.25, 0.3) is 0 Å². The van der Waals surface area contributed by atoms with Gasteiger partial charge in [0.2, 0.25) is 5.91 Å². The summed E-state index contributed by atoms with van der Waals surface area (Å²) in [5.41, 5.74) is 5.52. The lowest BCUT2D eigenvalue weighted by Crippen LogP contribution is -2.16. The topological polar surface area (TPSA) is 101 Å². The van der Waals surface area contributed by atoms with Gasteiger partial charge in [-0.15, -0.1) is 11.8 Å². The molecule has 8 nitrogen and oxygen atoms in total. The predicted molar refractivity (Wildman–Crippen MR) is 117 cm³/mol. The van der Waals surface area contributed by atoms with E-state index in [-0.39, 0.29) is 11.2 Å². The van der Waals surface area contributed by atoms with E-state index in [1.165, 1.54) is 11.9 Å². The van der Waals surface area contributed by atoms with Gasteiger partial charge >= 0.3 is 0 Å². The Morgan fingerprint density at radius 2 is 1.97 bits per heavy atom. The number of hydrogen-bond acceptors (Lipinski definition) is 6. The van der Waals surface area contributed by atoms with Gasteiger partial charge in [-0.2, -0.15) is 9.78 Å². The Morgan fingerprint density at radius 3 is 2.73 bits per heavy atom. The Hall–Kier alpha value is -3.20. The molecular formula is C21H21N7OS. The van der Waals surface area contributed by atoms with Gasteiger partial charge in [0.15, 0.2) is 11.5 Å². The van der Waals surface area contributed by atoms with Gasteiger partial charge in [-0.3, -0.25) is 4.79 Å². The summed E-state index contributed by atoms with van der Waals surface area (Å²) in [6.07, 6.45) is 3.03. The Kier molecular flexibility index (Phi) is 4.54. The normalized spacial score (nSPS) is 16.5. The van der Waals surface area contributed by atoms with Gasteiger partial charge in [0.05, 0.1) is 23.0 Å². The summed E-state index contributed by atoms with van der Waals surface area (Å²) in [6.45, 7) is 6.33. The number of carbonyl (C=O) groups is 1. The predicted octanol–water partition coefficient (Wildman–Crippen LogP) is 3.75. The summed E-state index contributed by atoms with van der Waals surface area (Å²) < 4.78 is 1.69. The lowest BCUT2D eigenvalue weighted by molar-refractivity contribution is -0.113. The van der Waals surface area contributed by atoms with Crippen molar-refractivity contribution in [3.05, 3.63) is 59.3 Å². The van der Waals surface area contributed by atoms with Gasteiger partial charge in [0.1, 0.15) is 17.7 Å². The van der Waals surface area contributed by atoms with Crippen LogP contribution in [0, 0.1) is 6.92 Å². The Morgan fingerprint density at radius 1 is 1.17 bits per heavy atom. The van der Waals surface area contributed by atoms with Crippen LogP contribution in [-0.2, 0) is 4.79 Å². The number of carbonyl (C=O) groups excluding carboxylic acids is 1. The molecule has 1 aromatic carbocycles. The van der Waals surface area contributed by atoms with E-state index < -0.39 is 0 Å². The zero-order valence-corrected chi connectivity index (χ0v) is 17.7. The molecule has 0 spiro atoms. The molecule has 0 bridgehead atoms. The highest BCUT2D eigenvalue weighted by Crippen LogP contribution is 2.44. The molecule has 152 valence electrons. The van der Waals surface area contributed by atoms with Gasteiger partial charge < -0.3 is 10.3 Å². The highest BCUT2D eigenvalue weighted by atomic mass is 32.2. The van der Waals surface area contributed by atoms with E-state index in [0.29, 0.717) is 34.5 Å². The molecule has 0 saturated heterocycles. The number of aromatic nitrogens is 6. The second kappa shape index (κ2) is 7.24. The molecule has 30 heavy (non-hydrogen) atoms. The minimum absolute atomic E-state index is 0.00647. The maximum absolute atomic E-state index is 12.5. The van der Waals surface area contributed by atoms with Crippen LogP contribution in [0.4, 0.5) is 5.82 Å². The largest absolute Gasteiger partial charge is 0.340 e. The molecule has 4 heterocycles. The summed E-state index contributed by atoms with van der Waals surface area (Å²) in [5, 5.41) is 7.78. The van der Waals surface area contributed by atoms with Crippen molar-refractivity contribution in [2.45, 2.75) is 31.9 Å². The number of rotatable bonds is 3. The molecule has 0 aliphatic carbocycles. The fraction of sp³-hybridized carbons (Fsp3) is 0.286. The second-order valence-corrected chi connectivity index (χ2v) is 8.71. The van der Waals surface area contributed by atoms with Crippen molar-refractivity contribution >= 4 is 34.7 Å². The Balaban J connectivity index is 1.67. The number of thioether (sulfide) groups is 1. The van der Waals surface area contributed by atoms with Gasteiger partial charge in [-0.05, 0) is 24.0 Å². The lowest BCUT2D eigenvalue weighted by Gasteiger charge is -2.16. The number of anilines is 1.